The Morgan fingerprint density at radius 2 is 0.494 bits per heavy atom. The summed E-state index contributed by atoms with van der Waals surface area (Å²) < 4.78 is 43.8. The second kappa shape index (κ2) is 49.8. The average molecular weight is 1240 g/mol. The topological polar surface area (TPSA) is 285 Å². The number of hydrogen-bond acceptors (Lipinski definition) is 23. The van der Waals surface area contributed by atoms with Crippen molar-refractivity contribution >= 4 is 119 Å². The quantitative estimate of drug-likeness (QED) is 0.0929. The molecule has 20 nitrogen and oxygen atoms in total. The molecule has 0 radical (unpaired) electrons. The van der Waals surface area contributed by atoms with Crippen LogP contribution in [0.5, 0.6) is 0 Å². The highest BCUT2D eigenvalue weighted by Crippen LogP contribution is 2.24. The van der Waals surface area contributed by atoms with Gasteiger partial charge < -0.3 is 48.1 Å². The first-order valence-electron chi connectivity index (χ1n) is 29.0. The summed E-state index contributed by atoms with van der Waals surface area (Å²) in [7, 11) is 0. The summed E-state index contributed by atoms with van der Waals surface area (Å²) in [5, 5.41) is 14.8. The SMILES string of the molecule is O=C(O)CSC1CC(=O)OCCCCCCCCOC(=O)C(SCCSCCSC2CC(=O)OCCCCCCCCOC(=O)CC(SCC(=O)O)C(=O)OCCCCCCCCOC2=O)CC(=O)OCCCCCCCCOC1=O. The molecule has 2 rings (SSSR count). The van der Waals surface area contributed by atoms with Crippen molar-refractivity contribution in [1.29, 1.82) is 0 Å². The van der Waals surface area contributed by atoms with Gasteiger partial charge in [0.25, 0.3) is 0 Å². The van der Waals surface area contributed by atoms with Crippen molar-refractivity contribution in [2.45, 2.75) is 201 Å². The largest absolute Gasteiger partial charge is 0.481 e. The Kier molecular flexibility index (Phi) is 45.3. The molecule has 2 N–H and O–H groups in total. The fraction of sp³-hybridized carbons (Fsp3) is 0.821. The Morgan fingerprint density at radius 3 is 0.716 bits per heavy atom. The summed E-state index contributed by atoms with van der Waals surface area (Å²) in [6.45, 7) is 1.52. The molecule has 0 spiro atoms. The number of ether oxygens (including phenoxy) is 8. The normalized spacial score (nSPS) is 23.5. The van der Waals surface area contributed by atoms with Gasteiger partial charge in [-0.25, -0.2) is 0 Å². The van der Waals surface area contributed by atoms with Crippen LogP contribution in [0.3, 0.4) is 0 Å². The minimum atomic E-state index is -1.10. The van der Waals surface area contributed by atoms with Crippen LogP contribution >= 0.6 is 58.8 Å². The van der Waals surface area contributed by atoms with E-state index < -0.39 is 80.7 Å². The van der Waals surface area contributed by atoms with Crippen molar-refractivity contribution in [1.82, 2.24) is 0 Å². The molecule has 0 aromatic heterocycles. The van der Waals surface area contributed by atoms with Crippen molar-refractivity contribution in [2.24, 2.45) is 0 Å². The molecule has 81 heavy (non-hydrogen) atoms. The molecule has 4 unspecified atom stereocenters. The van der Waals surface area contributed by atoms with Crippen molar-refractivity contribution in [3.8, 4) is 0 Å². The maximum Gasteiger partial charge on any atom is 0.319 e. The van der Waals surface area contributed by atoms with Gasteiger partial charge in [0.05, 0.1) is 90.0 Å². The lowest BCUT2D eigenvalue weighted by Crippen LogP contribution is -2.26. The monoisotopic (exact) mass is 1240 g/mol. The van der Waals surface area contributed by atoms with E-state index in [0.717, 1.165) is 126 Å². The molecule has 2 aliphatic heterocycles. The van der Waals surface area contributed by atoms with Crippen molar-refractivity contribution < 1.29 is 96.1 Å². The Bertz CT molecular complexity index is 1830. The molecular weight excluding hydrogens is 1150 g/mol. The van der Waals surface area contributed by atoms with Gasteiger partial charge in [-0.1, -0.05) is 103 Å². The van der Waals surface area contributed by atoms with E-state index in [2.05, 4.69) is 0 Å². The Hall–Kier alpha value is -3.55. The average Bonchev–Trinajstić information content (AvgIpc) is 3.43. The third kappa shape index (κ3) is 42.0. The number of thioether (sulfide) groups is 5. The molecule has 2 aliphatic rings. The lowest BCUT2D eigenvalue weighted by molar-refractivity contribution is -0.150. The fourth-order valence-electron chi connectivity index (χ4n) is 8.08. The van der Waals surface area contributed by atoms with Gasteiger partial charge in [0, 0.05) is 23.0 Å². The van der Waals surface area contributed by atoms with Crippen molar-refractivity contribution in [3.63, 3.8) is 0 Å². The molecule has 0 bridgehead atoms. The number of carbonyl (C=O) groups is 10. The molecule has 2 fully saturated rings. The smallest absolute Gasteiger partial charge is 0.319 e. The Morgan fingerprint density at radius 1 is 0.296 bits per heavy atom. The first-order chi connectivity index (χ1) is 39.2. The number of carboxylic acids is 2. The van der Waals surface area contributed by atoms with Crippen LogP contribution in [-0.2, 0) is 85.8 Å². The van der Waals surface area contributed by atoms with Crippen LogP contribution in [0.2, 0.25) is 0 Å². The highest BCUT2D eigenvalue weighted by Gasteiger charge is 2.29. The zero-order chi connectivity index (χ0) is 59.0. The number of esters is 8. The predicted molar refractivity (Wildman–Crippen MR) is 315 cm³/mol. The van der Waals surface area contributed by atoms with Gasteiger partial charge in [0.15, 0.2) is 0 Å². The minimum Gasteiger partial charge on any atom is -0.481 e. The number of carboxylic acid groups (broad SMARTS) is 2. The zero-order valence-electron chi connectivity index (χ0n) is 47.3. The van der Waals surface area contributed by atoms with E-state index in [4.69, 9.17) is 48.1 Å². The molecule has 0 saturated carbocycles. The number of carbonyl (C=O) groups excluding carboxylic acids is 8. The lowest BCUT2D eigenvalue weighted by atomic mass is 10.1. The van der Waals surface area contributed by atoms with E-state index >= 15 is 0 Å². The minimum absolute atomic E-state index is 0.120. The van der Waals surface area contributed by atoms with Crippen LogP contribution in [0.1, 0.15) is 180 Å². The lowest BCUT2D eigenvalue weighted by Gasteiger charge is -2.16. The van der Waals surface area contributed by atoms with Crippen LogP contribution in [0.4, 0.5) is 0 Å². The molecule has 464 valence electrons. The molecule has 2 saturated heterocycles. The summed E-state index contributed by atoms with van der Waals surface area (Å²) in [6.07, 6.45) is 17.6. The first kappa shape index (κ1) is 73.6. The van der Waals surface area contributed by atoms with Gasteiger partial charge in [-0.05, 0) is 51.4 Å². The van der Waals surface area contributed by atoms with E-state index in [1.807, 2.05) is 0 Å². The molecule has 25 heteroatoms. The van der Waals surface area contributed by atoms with E-state index in [1.165, 1.54) is 23.5 Å². The van der Waals surface area contributed by atoms with Crippen LogP contribution < -0.4 is 0 Å². The van der Waals surface area contributed by atoms with E-state index in [9.17, 15) is 47.9 Å². The van der Waals surface area contributed by atoms with E-state index in [0.29, 0.717) is 74.4 Å². The maximum atomic E-state index is 13.3. The van der Waals surface area contributed by atoms with Gasteiger partial charge in [0.2, 0.25) is 0 Å². The Labute approximate surface area is 500 Å². The molecule has 4 atom stereocenters. The van der Waals surface area contributed by atoms with E-state index in [-0.39, 0.29) is 90.0 Å². The molecule has 0 amide bonds. The predicted octanol–water partition coefficient (Wildman–Crippen LogP) is 9.59. The van der Waals surface area contributed by atoms with Gasteiger partial charge in [-0.3, -0.25) is 47.9 Å². The number of rotatable bonds is 14. The first-order valence-corrected chi connectivity index (χ1v) is 34.4. The third-order valence-electron chi connectivity index (χ3n) is 12.6. The molecule has 0 aromatic rings. The van der Waals surface area contributed by atoms with Crippen LogP contribution in [0.25, 0.3) is 0 Å². The van der Waals surface area contributed by atoms with Gasteiger partial charge in [0.1, 0.15) is 21.0 Å². The standard InChI is InChI=1S/C56H90O20S5/c57-47(58)41-80-45-40-52(64)72-28-20-12-3-5-13-21-29-73-53(65)43(38-50(62)70-26-18-11-4-6-14-23-31-75-55(45)67)78-35-33-77-34-36-79-44-37-49(61)69-25-17-9-1-2-10-19-27-71-51(63)39-46(81-42-48(59)60)56(68)76-32-24-16-8-7-15-22-30-74-54(44)66/h43-46H,1-42H2,(H,57,58)(H,59,60). The highest BCUT2D eigenvalue weighted by molar-refractivity contribution is 8.05. The van der Waals surface area contributed by atoms with E-state index in [1.54, 1.807) is 11.8 Å². The summed E-state index contributed by atoms with van der Waals surface area (Å²) in [5.74, 6) is -4.76. The van der Waals surface area contributed by atoms with Crippen molar-refractivity contribution in [3.05, 3.63) is 0 Å². The van der Waals surface area contributed by atoms with Gasteiger partial charge >= 0.3 is 59.7 Å². The summed E-state index contributed by atoms with van der Waals surface area (Å²) in [4.78, 5) is 125. The van der Waals surface area contributed by atoms with Crippen LogP contribution in [-0.4, -0.2) is 178 Å². The second-order valence-corrected chi connectivity index (χ2v) is 25.8. The molecule has 0 aromatic carbocycles. The fourth-order valence-corrected chi connectivity index (χ4v) is 13.1. The van der Waals surface area contributed by atoms with Gasteiger partial charge in [-0.15, -0.1) is 47.0 Å². The van der Waals surface area contributed by atoms with Crippen molar-refractivity contribution in [2.75, 3.05) is 87.4 Å². The maximum absolute atomic E-state index is 13.3. The molecular formula is C56H90O20S5. The third-order valence-corrected chi connectivity index (χ3v) is 18.8. The number of cyclic esters (lactones) is 8. The second-order valence-electron chi connectivity index (χ2n) is 19.6. The van der Waals surface area contributed by atoms with Gasteiger partial charge in [-0.2, -0.15) is 11.8 Å². The molecule has 2 heterocycles. The highest BCUT2D eigenvalue weighted by atomic mass is 32.2. The van der Waals surface area contributed by atoms with Crippen LogP contribution in [0, 0.1) is 0 Å². The van der Waals surface area contributed by atoms with Crippen LogP contribution in [0.15, 0.2) is 0 Å². The zero-order valence-corrected chi connectivity index (χ0v) is 51.4. The molecule has 0 aliphatic carbocycles. The Balaban J connectivity index is 1.87. The number of aliphatic carboxylic acids is 2. The number of hydrogen-bond donors (Lipinski definition) is 2. The summed E-state index contributed by atoms with van der Waals surface area (Å²) >= 11 is 6.01. The summed E-state index contributed by atoms with van der Waals surface area (Å²) in [6, 6.07) is 0. The summed E-state index contributed by atoms with van der Waals surface area (Å²) in [5.41, 5.74) is 0.